The Morgan fingerprint density at radius 1 is 0.302 bits per heavy atom. The van der Waals surface area contributed by atoms with Crippen LogP contribution in [-0.4, -0.2) is 4.57 Å². The van der Waals surface area contributed by atoms with Gasteiger partial charge in [0.1, 0.15) is 0 Å². The van der Waals surface area contributed by atoms with Crippen molar-refractivity contribution < 1.29 is 0 Å². The van der Waals surface area contributed by atoms with Crippen LogP contribution in [0.1, 0.15) is 22.3 Å². The van der Waals surface area contributed by atoms with E-state index in [1.165, 1.54) is 77.4 Å². The van der Waals surface area contributed by atoms with Crippen molar-refractivity contribution in [1.82, 2.24) is 4.57 Å². The molecule has 63 heavy (non-hydrogen) atoms. The first-order valence-corrected chi connectivity index (χ1v) is 21.8. The molecule has 0 radical (unpaired) electrons. The number of fused-ring (bicyclic) bond motifs is 6. The first kappa shape index (κ1) is 36.6. The van der Waals surface area contributed by atoms with Crippen LogP contribution in [0.2, 0.25) is 0 Å². The summed E-state index contributed by atoms with van der Waals surface area (Å²) in [6, 6.07) is 93.0. The highest BCUT2D eigenvalue weighted by Crippen LogP contribution is 2.56. The van der Waals surface area contributed by atoms with Crippen LogP contribution in [0.25, 0.3) is 60.9 Å². The van der Waals surface area contributed by atoms with Gasteiger partial charge in [0.2, 0.25) is 0 Å². The Hall–Kier alpha value is -8.20. The van der Waals surface area contributed by atoms with Gasteiger partial charge in [-0.05, 0) is 128 Å². The van der Waals surface area contributed by atoms with Gasteiger partial charge in [0.15, 0.2) is 0 Å². The minimum atomic E-state index is -0.427. The topological polar surface area (TPSA) is 8.17 Å². The van der Waals surface area contributed by atoms with E-state index >= 15 is 0 Å². The largest absolute Gasteiger partial charge is 0.311 e. The fourth-order valence-corrected chi connectivity index (χ4v) is 10.3. The molecule has 11 aromatic rings. The molecule has 2 nitrogen and oxygen atoms in total. The molecule has 0 unspecified atom stereocenters. The van der Waals surface area contributed by atoms with Gasteiger partial charge in [-0.15, -0.1) is 0 Å². The molecule has 2 heteroatoms. The lowest BCUT2D eigenvalue weighted by atomic mass is 9.68. The van der Waals surface area contributed by atoms with Gasteiger partial charge in [-0.3, -0.25) is 0 Å². The van der Waals surface area contributed by atoms with Gasteiger partial charge in [0.25, 0.3) is 0 Å². The fourth-order valence-electron chi connectivity index (χ4n) is 10.3. The van der Waals surface area contributed by atoms with Crippen LogP contribution >= 0.6 is 0 Å². The van der Waals surface area contributed by atoms with Crippen molar-refractivity contribution >= 4 is 38.9 Å². The smallest absolute Gasteiger partial charge is 0.0713 e. The predicted octanol–water partition coefficient (Wildman–Crippen LogP) is 16.0. The quantitative estimate of drug-likeness (QED) is 0.149. The second-order valence-electron chi connectivity index (χ2n) is 16.5. The van der Waals surface area contributed by atoms with E-state index in [9.17, 15) is 0 Å². The molecule has 12 rings (SSSR count). The molecule has 0 amide bonds. The Morgan fingerprint density at radius 3 is 1.49 bits per heavy atom. The molecule has 0 saturated carbocycles. The number of nitrogens with zero attached hydrogens (tertiary/aromatic N) is 2. The van der Waals surface area contributed by atoms with E-state index in [-0.39, 0.29) is 0 Å². The van der Waals surface area contributed by atoms with Gasteiger partial charge >= 0.3 is 0 Å². The Morgan fingerprint density at radius 2 is 0.810 bits per heavy atom. The zero-order valence-electron chi connectivity index (χ0n) is 34.6. The van der Waals surface area contributed by atoms with Crippen LogP contribution in [0.4, 0.5) is 17.1 Å². The third-order valence-electron chi connectivity index (χ3n) is 13.1. The number of benzene rings is 10. The summed E-state index contributed by atoms with van der Waals surface area (Å²) in [7, 11) is 0. The molecule has 0 N–H and O–H groups in total. The van der Waals surface area contributed by atoms with Crippen LogP contribution < -0.4 is 4.90 Å². The Bertz CT molecular complexity index is 3350. The van der Waals surface area contributed by atoms with Gasteiger partial charge in [-0.25, -0.2) is 0 Å². The van der Waals surface area contributed by atoms with E-state index in [4.69, 9.17) is 0 Å². The number of anilines is 3. The van der Waals surface area contributed by atoms with Crippen LogP contribution in [0.5, 0.6) is 0 Å². The van der Waals surface area contributed by atoms with Crippen molar-refractivity contribution in [2.45, 2.75) is 5.41 Å². The van der Waals surface area contributed by atoms with Gasteiger partial charge in [0, 0.05) is 33.5 Å². The summed E-state index contributed by atoms with van der Waals surface area (Å²) in [5.41, 5.74) is 19.0. The average Bonchev–Trinajstić information content (AvgIpc) is 3.86. The second-order valence-corrected chi connectivity index (χ2v) is 16.5. The zero-order valence-corrected chi connectivity index (χ0v) is 34.6. The highest BCUT2D eigenvalue weighted by Gasteiger charge is 2.46. The molecule has 0 saturated heterocycles. The molecular weight excluding hydrogens is 761 g/mol. The third-order valence-corrected chi connectivity index (χ3v) is 13.1. The maximum atomic E-state index is 2.45. The number of aromatic nitrogens is 1. The zero-order chi connectivity index (χ0) is 41.7. The van der Waals surface area contributed by atoms with Crippen LogP contribution in [-0.2, 0) is 5.41 Å². The van der Waals surface area contributed by atoms with Crippen LogP contribution in [0, 0.1) is 0 Å². The molecule has 10 aromatic carbocycles. The van der Waals surface area contributed by atoms with Crippen molar-refractivity contribution in [3.05, 3.63) is 277 Å². The molecule has 0 bridgehead atoms. The van der Waals surface area contributed by atoms with Crippen molar-refractivity contribution in [3.63, 3.8) is 0 Å². The van der Waals surface area contributed by atoms with Crippen LogP contribution in [0.15, 0.2) is 255 Å². The minimum Gasteiger partial charge on any atom is -0.311 e. The van der Waals surface area contributed by atoms with Crippen molar-refractivity contribution in [2.75, 3.05) is 4.90 Å². The summed E-state index contributed by atoms with van der Waals surface area (Å²) >= 11 is 0. The standard InChI is InChI=1S/C61H42N2/c1-5-20-47(21-6-1)61(48-22-7-2-8-23-48)57-30-15-13-28-53(57)55-42-52(37-38-58(55)61)63-59-31-16-14-29-54(59)56-41-46(34-39-60(56)63)45-19-17-18-44(40-45)43-32-35-51(36-33-43)62(49-24-9-3-10-25-49)50-26-11-4-12-27-50/h1-42H. The normalized spacial score (nSPS) is 12.6. The molecule has 296 valence electrons. The molecule has 1 aliphatic rings. The lowest BCUT2D eigenvalue weighted by Gasteiger charge is -2.33. The molecule has 0 atom stereocenters. The summed E-state index contributed by atoms with van der Waals surface area (Å²) in [6.45, 7) is 0. The van der Waals surface area contributed by atoms with Gasteiger partial charge < -0.3 is 9.47 Å². The summed E-state index contributed by atoms with van der Waals surface area (Å²) in [6.07, 6.45) is 0. The van der Waals surface area contributed by atoms with Gasteiger partial charge in [-0.1, -0.05) is 182 Å². The third kappa shape index (κ3) is 5.95. The first-order chi connectivity index (χ1) is 31.3. The van der Waals surface area contributed by atoms with Gasteiger partial charge in [-0.2, -0.15) is 0 Å². The van der Waals surface area contributed by atoms with E-state index in [2.05, 4.69) is 264 Å². The average molecular weight is 803 g/mol. The highest BCUT2D eigenvalue weighted by molar-refractivity contribution is 6.10. The van der Waals surface area contributed by atoms with E-state index in [0.717, 1.165) is 22.7 Å². The Labute approximate surface area is 368 Å². The fraction of sp³-hybridized carbons (Fsp3) is 0.0164. The monoisotopic (exact) mass is 802 g/mol. The SMILES string of the molecule is c1ccc(N(c2ccccc2)c2ccc(-c3cccc(-c4ccc5c(c4)c4ccccc4n5-c4ccc5c(c4)-c4ccccc4C5(c4ccccc4)c4ccccc4)c3)cc2)cc1. The molecule has 1 heterocycles. The highest BCUT2D eigenvalue weighted by atomic mass is 15.1. The maximum absolute atomic E-state index is 2.45. The Kier molecular flexibility index (Phi) is 8.76. The Balaban J connectivity index is 0.942. The number of hydrogen-bond acceptors (Lipinski definition) is 1. The minimum absolute atomic E-state index is 0.427. The predicted molar refractivity (Wildman–Crippen MR) is 264 cm³/mol. The second kappa shape index (κ2) is 15.1. The number of hydrogen-bond donors (Lipinski definition) is 0. The summed E-state index contributed by atoms with van der Waals surface area (Å²) in [5, 5.41) is 2.48. The number of rotatable bonds is 8. The van der Waals surface area contributed by atoms with E-state index < -0.39 is 5.41 Å². The summed E-state index contributed by atoms with van der Waals surface area (Å²) in [5.74, 6) is 0. The molecule has 1 aromatic heterocycles. The maximum Gasteiger partial charge on any atom is 0.0713 e. The molecule has 1 aliphatic carbocycles. The summed E-state index contributed by atoms with van der Waals surface area (Å²) < 4.78 is 2.45. The van der Waals surface area contributed by atoms with Gasteiger partial charge in [0.05, 0.1) is 16.4 Å². The molecule has 0 aliphatic heterocycles. The molecule has 0 fully saturated rings. The van der Waals surface area contributed by atoms with Crippen molar-refractivity contribution in [3.8, 4) is 39.1 Å². The van der Waals surface area contributed by atoms with E-state index in [1.54, 1.807) is 0 Å². The lowest BCUT2D eigenvalue weighted by molar-refractivity contribution is 0.768. The van der Waals surface area contributed by atoms with Crippen molar-refractivity contribution in [2.24, 2.45) is 0 Å². The number of para-hydroxylation sites is 3. The summed E-state index contributed by atoms with van der Waals surface area (Å²) in [4.78, 5) is 2.30. The first-order valence-electron chi connectivity index (χ1n) is 21.8. The molecular formula is C61H42N2. The lowest BCUT2D eigenvalue weighted by Crippen LogP contribution is -2.28. The van der Waals surface area contributed by atoms with Crippen LogP contribution in [0.3, 0.4) is 0 Å². The van der Waals surface area contributed by atoms with Crippen molar-refractivity contribution in [1.29, 1.82) is 0 Å². The molecule has 0 spiro atoms. The van der Waals surface area contributed by atoms with E-state index in [1.807, 2.05) is 0 Å². The van der Waals surface area contributed by atoms with E-state index in [0.29, 0.717) is 0 Å².